The van der Waals surface area contributed by atoms with Crippen LogP contribution in [0, 0.1) is 11.6 Å². The molecule has 8 heteroatoms. The van der Waals surface area contributed by atoms with Gasteiger partial charge in [-0.3, -0.25) is 4.90 Å². The van der Waals surface area contributed by atoms with E-state index in [2.05, 4.69) is 22.0 Å². The van der Waals surface area contributed by atoms with E-state index in [1.165, 1.54) is 12.1 Å². The summed E-state index contributed by atoms with van der Waals surface area (Å²) in [5.74, 6) is -0.347. The fourth-order valence-electron chi connectivity index (χ4n) is 3.29. The zero-order chi connectivity index (χ0) is 20.2. The Morgan fingerprint density at radius 3 is 2.54 bits per heavy atom. The van der Waals surface area contributed by atoms with E-state index < -0.39 is 11.6 Å². The van der Waals surface area contributed by atoms with Crippen LogP contribution in [0.5, 0.6) is 0 Å². The summed E-state index contributed by atoms with van der Waals surface area (Å²) in [7, 11) is 2.04. The highest BCUT2D eigenvalue weighted by Crippen LogP contribution is 2.34. The molecule has 2 aromatic heterocycles. The second-order valence-corrected chi connectivity index (χ2v) is 8.40. The lowest BCUT2D eigenvalue weighted by molar-refractivity contribution is 0.193. The van der Waals surface area contributed by atoms with Crippen molar-refractivity contribution >= 4 is 0 Å². The van der Waals surface area contributed by atoms with E-state index in [4.69, 9.17) is 9.40 Å². The maximum absolute atomic E-state index is 13.8. The normalized spacial score (nSPS) is 17.8. The molecule has 4 rings (SSSR count). The molecular formula is C20H23F2N5O. The van der Waals surface area contributed by atoms with Gasteiger partial charge in [-0.15, -0.1) is 10.2 Å². The van der Waals surface area contributed by atoms with Crippen LogP contribution in [0.1, 0.15) is 39.3 Å². The number of benzene rings is 1. The van der Waals surface area contributed by atoms with Crippen molar-refractivity contribution in [2.45, 2.75) is 52.2 Å². The Morgan fingerprint density at radius 1 is 1.14 bits per heavy atom. The van der Waals surface area contributed by atoms with Crippen LogP contribution in [0.15, 0.2) is 22.6 Å². The average molecular weight is 387 g/mol. The van der Waals surface area contributed by atoms with Gasteiger partial charge in [-0.05, 0) is 32.2 Å². The Kier molecular flexibility index (Phi) is 4.33. The maximum Gasteiger partial charge on any atom is 0.268 e. The van der Waals surface area contributed by atoms with Gasteiger partial charge in [-0.25, -0.2) is 13.8 Å². The van der Waals surface area contributed by atoms with Crippen LogP contribution in [0.4, 0.5) is 8.78 Å². The van der Waals surface area contributed by atoms with Crippen LogP contribution in [0.2, 0.25) is 0 Å². The second-order valence-electron chi connectivity index (χ2n) is 8.40. The molecule has 0 radical (unpaired) electrons. The molecular weight excluding hydrogens is 364 g/mol. The Balaban J connectivity index is 1.88. The van der Waals surface area contributed by atoms with Crippen LogP contribution in [0.25, 0.3) is 23.0 Å². The quantitative estimate of drug-likeness (QED) is 0.665. The maximum atomic E-state index is 13.8. The minimum atomic E-state index is -0.898. The molecule has 1 aliphatic heterocycles. The van der Waals surface area contributed by atoms with Gasteiger partial charge in [0.1, 0.15) is 5.82 Å². The van der Waals surface area contributed by atoms with Crippen molar-refractivity contribution < 1.29 is 13.2 Å². The predicted molar refractivity (Wildman–Crippen MR) is 101 cm³/mol. The Hall–Kier alpha value is -2.61. The highest BCUT2D eigenvalue weighted by atomic mass is 19.2. The molecule has 1 atom stereocenters. The smallest absolute Gasteiger partial charge is 0.268 e. The number of likely N-dealkylation sites (N-methyl/N-ethyl adjacent to an activating group) is 1. The molecule has 148 valence electrons. The van der Waals surface area contributed by atoms with Gasteiger partial charge in [0, 0.05) is 30.1 Å². The molecule has 28 heavy (non-hydrogen) atoms. The third-order valence-electron chi connectivity index (χ3n) is 5.12. The molecule has 0 amide bonds. The Labute approximate surface area is 162 Å². The molecule has 3 aromatic rings. The van der Waals surface area contributed by atoms with Crippen molar-refractivity contribution in [3.63, 3.8) is 0 Å². The zero-order valence-corrected chi connectivity index (χ0v) is 16.6. The molecule has 1 unspecified atom stereocenters. The summed E-state index contributed by atoms with van der Waals surface area (Å²) in [6, 6.07) is 4.10. The summed E-state index contributed by atoms with van der Waals surface area (Å²) in [6.07, 6.45) is 0. The lowest BCUT2D eigenvalue weighted by Gasteiger charge is -2.32. The van der Waals surface area contributed by atoms with Crippen LogP contribution >= 0.6 is 0 Å². The third kappa shape index (κ3) is 3.11. The lowest BCUT2D eigenvalue weighted by Crippen LogP contribution is -2.38. The van der Waals surface area contributed by atoms with Crippen LogP contribution in [0.3, 0.4) is 0 Å². The molecule has 0 spiro atoms. The summed E-state index contributed by atoms with van der Waals surface area (Å²) < 4.78 is 35.2. The van der Waals surface area contributed by atoms with E-state index in [-0.39, 0.29) is 11.5 Å². The standard InChI is InChI=1S/C20H23F2N5O/c1-11-9-27-15(10-26(11)5)16(18-24-25-19(28-18)20(2,3)4)23-17(27)12-6-7-13(21)14(22)8-12/h6-8,11H,9-10H2,1-5H3. The van der Waals surface area contributed by atoms with Crippen molar-refractivity contribution in [3.8, 4) is 23.0 Å². The van der Waals surface area contributed by atoms with Gasteiger partial charge in [0.2, 0.25) is 5.89 Å². The summed E-state index contributed by atoms with van der Waals surface area (Å²) in [5, 5.41) is 8.36. The number of hydrogen-bond donors (Lipinski definition) is 0. The van der Waals surface area contributed by atoms with Crippen molar-refractivity contribution in [1.29, 1.82) is 0 Å². The van der Waals surface area contributed by atoms with Crippen LogP contribution < -0.4 is 0 Å². The Morgan fingerprint density at radius 2 is 1.89 bits per heavy atom. The topological polar surface area (TPSA) is 60.0 Å². The fraction of sp³-hybridized carbons (Fsp3) is 0.450. The van der Waals surface area contributed by atoms with E-state index >= 15 is 0 Å². The largest absolute Gasteiger partial charge is 0.419 e. The molecule has 6 nitrogen and oxygen atoms in total. The molecule has 3 heterocycles. The highest BCUT2D eigenvalue weighted by Gasteiger charge is 2.31. The van der Waals surface area contributed by atoms with Crippen LogP contribution in [-0.2, 0) is 18.5 Å². The van der Waals surface area contributed by atoms with Crippen molar-refractivity contribution in [2.75, 3.05) is 7.05 Å². The van der Waals surface area contributed by atoms with E-state index in [1.54, 1.807) is 0 Å². The molecule has 0 saturated heterocycles. The summed E-state index contributed by atoms with van der Waals surface area (Å²) in [5.41, 5.74) is 1.74. The van der Waals surface area contributed by atoms with Gasteiger partial charge in [0.25, 0.3) is 5.89 Å². The first-order chi connectivity index (χ1) is 13.1. The number of hydrogen-bond acceptors (Lipinski definition) is 5. The monoisotopic (exact) mass is 387 g/mol. The zero-order valence-electron chi connectivity index (χ0n) is 16.6. The summed E-state index contributed by atoms with van der Waals surface area (Å²) >= 11 is 0. The average Bonchev–Trinajstić information content (AvgIpc) is 3.23. The lowest BCUT2D eigenvalue weighted by atomic mass is 9.97. The molecule has 0 aliphatic carbocycles. The molecule has 1 aromatic carbocycles. The van der Waals surface area contributed by atoms with E-state index in [9.17, 15) is 8.78 Å². The van der Waals surface area contributed by atoms with E-state index in [0.29, 0.717) is 42.0 Å². The van der Waals surface area contributed by atoms with Gasteiger partial charge >= 0.3 is 0 Å². The predicted octanol–water partition coefficient (Wildman–Crippen LogP) is 4.01. The number of nitrogens with zero attached hydrogens (tertiary/aromatic N) is 5. The minimum Gasteiger partial charge on any atom is -0.419 e. The van der Waals surface area contributed by atoms with Gasteiger partial charge in [0.15, 0.2) is 17.3 Å². The van der Waals surface area contributed by atoms with Gasteiger partial charge in [-0.1, -0.05) is 20.8 Å². The minimum absolute atomic E-state index is 0.270. The molecule has 1 aliphatic rings. The van der Waals surface area contributed by atoms with Gasteiger partial charge in [-0.2, -0.15) is 0 Å². The number of imidazole rings is 1. The van der Waals surface area contributed by atoms with Crippen LogP contribution in [-0.4, -0.2) is 37.7 Å². The SMILES string of the molecule is CC1Cn2c(-c3ccc(F)c(F)c3)nc(-c3nnc(C(C)(C)C)o3)c2CN1C. The first-order valence-corrected chi connectivity index (χ1v) is 9.24. The number of fused-ring (bicyclic) bond motifs is 1. The van der Waals surface area contributed by atoms with Crippen molar-refractivity contribution in [1.82, 2.24) is 24.6 Å². The molecule has 0 N–H and O–H groups in total. The fourth-order valence-corrected chi connectivity index (χ4v) is 3.29. The van der Waals surface area contributed by atoms with Gasteiger partial charge < -0.3 is 8.98 Å². The van der Waals surface area contributed by atoms with Crippen molar-refractivity contribution in [3.05, 3.63) is 41.4 Å². The first kappa shape index (κ1) is 18.7. The number of halogens is 2. The summed E-state index contributed by atoms with van der Waals surface area (Å²) in [6.45, 7) is 9.41. The molecule has 0 bridgehead atoms. The molecule has 0 fully saturated rings. The van der Waals surface area contributed by atoms with E-state index in [0.717, 1.165) is 11.8 Å². The number of rotatable bonds is 2. The summed E-state index contributed by atoms with van der Waals surface area (Å²) in [4.78, 5) is 6.92. The number of aromatic nitrogens is 4. The van der Waals surface area contributed by atoms with E-state index in [1.807, 2.05) is 32.4 Å². The Bertz CT molecular complexity index is 1030. The first-order valence-electron chi connectivity index (χ1n) is 9.24. The third-order valence-corrected chi connectivity index (χ3v) is 5.12. The highest BCUT2D eigenvalue weighted by molar-refractivity contribution is 5.64. The molecule has 0 saturated carbocycles. The van der Waals surface area contributed by atoms with Crippen molar-refractivity contribution in [2.24, 2.45) is 0 Å². The van der Waals surface area contributed by atoms with Gasteiger partial charge in [0.05, 0.1) is 5.69 Å². The second kappa shape index (κ2) is 6.48.